The molecule has 7 atom stereocenters. The van der Waals surface area contributed by atoms with E-state index in [0.717, 1.165) is 42.9 Å². The zero-order chi connectivity index (χ0) is 24.0. The van der Waals surface area contributed by atoms with E-state index in [1.165, 1.54) is 50.5 Å². The molecule has 3 heteroatoms. The maximum atomic E-state index is 12.1. The second kappa shape index (κ2) is 9.42. The molecule has 0 aromatic heterocycles. The molecule has 186 valence electrons. The van der Waals surface area contributed by atoms with Crippen molar-refractivity contribution >= 4 is 6.09 Å². The third kappa shape index (κ3) is 4.55. The molecule has 0 radical (unpaired) electrons. The summed E-state index contributed by atoms with van der Waals surface area (Å²) in [5, 5.41) is 0. The highest BCUT2D eigenvalue weighted by Crippen LogP contribution is 2.66. The standard InChI is InChI=1S/C30H49NO2/c1-20(2)9-8-10-21(3)25-13-14-26-24-12-11-22-19-23(33-28(32)31(6)7)15-17-29(22,4)27(24)16-18-30(25,26)5/h11-12,20-21,23,25-27H,8-10,13-19H2,1-7H3. The normalized spacial score (nSPS) is 38.5. The van der Waals surface area contributed by atoms with Crippen LogP contribution in [0.4, 0.5) is 4.79 Å². The zero-order valence-corrected chi connectivity index (χ0v) is 22.5. The van der Waals surface area contributed by atoms with Crippen molar-refractivity contribution in [1.29, 1.82) is 0 Å². The van der Waals surface area contributed by atoms with Gasteiger partial charge in [0.1, 0.15) is 6.10 Å². The average molecular weight is 456 g/mol. The fourth-order valence-corrected chi connectivity index (χ4v) is 8.34. The Bertz CT molecular complexity index is 795. The second-order valence-corrected chi connectivity index (χ2v) is 13.1. The maximum Gasteiger partial charge on any atom is 0.409 e. The Morgan fingerprint density at radius 2 is 1.79 bits per heavy atom. The molecule has 0 N–H and O–H groups in total. The largest absolute Gasteiger partial charge is 0.446 e. The number of hydrogen-bond donors (Lipinski definition) is 0. The minimum Gasteiger partial charge on any atom is -0.446 e. The molecule has 4 aliphatic carbocycles. The van der Waals surface area contributed by atoms with Crippen LogP contribution in [0.5, 0.6) is 0 Å². The van der Waals surface area contributed by atoms with Gasteiger partial charge < -0.3 is 9.64 Å². The molecule has 7 unspecified atom stereocenters. The zero-order valence-electron chi connectivity index (χ0n) is 22.5. The lowest BCUT2D eigenvalue weighted by molar-refractivity contribution is 0.0191. The molecule has 0 bridgehead atoms. The van der Waals surface area contributed by atoms with Crippen LogP contribution in [0.15, 0.2) is 23.3 Å². The van der Waals surface area contributed by atoms with Gasteiger partial charge in [0.15, 0.2) is 0 Å². The smallest absolute Gasteiger partial charge is 0.409 e. The first-order valence-electron chi connectivity index (χ1n) is 13.8. The molecule has 0 saturated heterocycles. The monoisotopic (exact) mass is 455 g/mol. The molecule has 3 nitrogen and oxygen atoms in total. The minimum absolute atomic E-state index is 0.0329. The van der Waals surface area contributed by atoms with E-state index in [9.17, 15) is 4.79 Å². The summed E-state index contributed by atoms with van der Waals surface area (Å²) in [6.07, 6.45) is 17.5. The Balaban J connectivity index is 1.49. The van der Waals surface area contributed by atoms with Gasteiger partial charge in [0.25, 0.3) is 0 Å². The van der Waals surface area contributed by atoms with Gasteiger partial charge in [-0.3, -0.25) is 0 Å². The van der Waals surface area contributed by atoms with Crippen molar-refractivity contribution in [1.82, 2.24) is 4.90 Å². The first kappa shape index (κ1) is 24.9. The number of nitrogens with zero attached hydrogens (tertiary/aromatic N) is 1. The molecule has 0 heterocycles. The molecule has 1 amide bonds. The lowest BCUT2D eigenvalue weighted by Gasteiger charge is -2.55. The molecule has 4 rings (SSSR count). The van der Waals surface area contributed by atoms with Gasteiger partial charge in [-0.25, -0.2) is 4.79 Å². The van der Waals surface area contributed by atoms with Gasteiger partial charge in [0.2, 0.25) is 0 Å². The molecule has 0 spiro atoms. The molecular formula is C30H49NO2. The minimum atomic E-state index is -0.204. The lowest BCUT2D eigenvalue weighted by Crippen LogP contribution is -2.47. The van der Waals surface area contributed by atoms with Gasteiger partial charge in [-0.2, -0.15) is 0 Å². The summed E-state index contributed by atoms with van der Waals surface area (Å²) in [5.41, 5.74) is 4.04. The van der Waals surface area contributed by atoms with E-state index in [4.69, 9.17) is 4.74 Å². The van der Waals surface area contributed by atoms with Crippen LogP contribution in [0.2, 0.25) is 0 Å². The van der Waals surface area contributed by atoms with Gasteiger partial charge in [-0.1, -0.05) is 77.2 Å². The average Bonchev–Trinajstić information content (AvgIpc) is 3.11. The van der Waals surface area contributed by atoms with Crippen LogP contribution < -0.4 is 0 Å². The molecule has 0 aromatic carbocycles. The van der Waals surface area contributed by atoms with Crippen LogP contribution in [0, 0.1) is 40.4 Å². The summed E-state index contributed by atoms with van der Waals surface area (Å²) in [5.74, 6) is 4.03. The molecule has 4 aliphatic rings. The number of fused-ring (bicyclic) bond motifs is 5. The molecular weight excluding hydrogens is 406 g/mol. The predicted octanol–water partition coefficient (Wildman–Crippen LogP) is 8.01. The highest BCUT2D eigenvalue weighted by atomic mass is 16.6. The Morgan fingerprint density at radius 1 is 1.03 bits per heavy atom. The second-order valence-electron chi connectivity index (χ2n) is 13.1. The first-order chi connectivity index (χ1) is 15.6. The van der Waals surface area contributed by atoms with Gasteiger partial charge >= 0.3 is 6.09 Å². The molecule has 3 saturated carbocycles. The highest BCUT2D eigenvalue weighted by molar-refractivity contribution is 5.67. The predicted molar refractivity (Wildman–Crippen MR) is 137 cm³/mol. The summed E-state index contributed by atoms with van der Waals surface area (Å²) in [6.45, 7) is 12.4. The molecule has 0 aromatic rings. The highest BCUT2D eigenvalue weighted by Gasteiger charge is 2.57. The van der Waals surface area contributed by atoms with E-state index in [0.29, 0.717) is 11.3 Å². The van der Waals surface area contributed by atoms with E-state index in [1.807, 2.05) is 0 Å². The molecule has 3 fully saturated rings. The third-order valence-electron chi connectivity index (χ3n) is 10.4. The Labute approximate surface area is 203 Å². The van der Waals surface area contributed by atoms with Crippen LogP contribution >= 0.6 is 0 Å². The van der Waals surface area contributed by atoms with Crippen LogP contribution in [0.3, 0.4) is 0 Å². The topological polar surface area (TPSA) is 29.5 Å². The van der Waals surface area contributed by atoms with Crippen LogP contribution in [-0.4, -0.2) is 31.2 Å². The van der Waals surface area contributed by atoms with Crippen molar-refractivity contribution in [3.8, 4) is 0 Å². The summed E-state index contributed by atoms with van der Waals surface area (Å²) in [6, 6.07) is 0. The fourth-order valence-electron chi connectivity index (χ4n) is 8.34. The van der Waals surface area contributed by atoms with E-state index in [2.05, 4.69) is 46.8 Å². The Kier molecular flexibility index (Phi) is 7.10. The SMILES string of the molecule is CC(C)CCCC(C)C1CCC2C3=CC=C4CC(OC(=O)N(C)C)CCC4(C)C3CCC21C. The fraction of sp³-hybridized carbons (Fsp3) is 0.833. The van der Waals surface area contributed by atoms with Crippen molar-refractivity contribution in [2.45, 2.75) is 105 Å². The van der Waals surface area contributed by atoms with Crippen LogP contribution in [0.25, 0.3) is 0 Å². The first-order valence-corrected chi connectivity index (χ1v) is 13.8. The van der Waals surface area contributed by atoms with E-state index < -0.39 is 0 Å². The Morgan fingerprint density at radius 3 is 2.48 bits per heavy atom. The number of allylic oxidation sites excluding steroid dienone is 3. The molecule has 33 heavy (non-hydrogen) atoms. The summed E-state index contributed by atoms with van der Waals surface area (Å²) in [4.78, 5) is 13.6. The van der Waals surface area contributed by atoms with E-state index >= 15 is 0 Å². The number of carbonyl (C=O) groups is 1. The van der Waals surface area contributed by atoms with Crippen molar-refractivity contribution in [2.24, 2.45) is 40.4 Å². The number of ether oxygens (including phenoxy) is 1. The van der Waals surface area contributed by atoms with Gasteiger partial charge in [-0.05, 0) is 78.9 Å². The van der Waals surface area contributed by atoms with Gasteiger partial charge in [-0.15, -0.1) is 0 Å². The van der Waals surface area contributed by atoms with Crippen molar-refractivity contribution in [3.05, 3.63) is 23.3 Å². The van der Waals surface area contributed by atoms with E-state index in [1.54, 1.807) is 24.6 Å². The molecule has 0 aliphatic heterocycles. The maximum absolute atomic E-state index is 12.1. The van der Waals surface area contributed by atoms with Crippen molar-refractivity contribution < 1.29 is 9.53 Å². The van der Waals surface area contributed by atoms with E-state index in [-0.39, 0.29) is 17.6 Å². The Hall–Kier alpha value is -1.25. The third-order valence-corrected chi connectivity index (χ3v) is 10.4. The van der Waals surface area contributed by atoms with Crippen molar-refractivity contribution in [2.75, 3.05) is 14.1 Å². The lowest BCUT2D eigenvalue weighted by atomic mass is 9.50. The summed E-state index contributed by atoms with van der Waals surface area (Å²) >= 11 is 0. The van der Waals surface area contributed by atoms with Crippen molar-refractivity contribution in [3.63, 3.8) is 0 Å². The number of amides is 1. The summed E-state index contributed by atoms with van der Waals surface area (Å²) in [7, 11) is 3.53. The van der Waals surface area contributed by atoms with Gasteiger partial charge in [0.05, 0.1) is 0 Å². The quantitative estimate of drug-likeness (QED) is 0.406. The number of hydrogen-bond acceptors (Lipinski definition) is 2. The van der Waals surface area contributed by atoms with Crippen LogP contribution in [-0.2, 0) is 4.74 Å². The van der Waals surface area contributed by atoms with Gasteiger partial charge in [0, 0.05) is 20.5 Å². The number of carbonyl (C=O) groups excluding carboxylic acids is 1. The summed E-state index contributed by atoms with van der Waals surface area (Å²) < 4.78 is 5.78. The van der Waals surface area contributed by atoms with Crippen LogP contribution in [0.1, 0.15) is 98.8 Å². The number of rotatable bonds is 6.